The number of nitrogens with two attached hydrogens (primary N) is 1. The van der Waals surface area contributed by atoms with E-state index in [1.165, 1.54) is 18.7 Å². The minimum Gasteiger partial charge on any atom is -0.399 e. The zero-order valence-corrected chi connectivity index (χ0v) is 11.8. The molecule has 0 aliphatic rings. The van der Waals surface area contributed by atoms with Crippen molar-refractivity contribution in [2.24, 2.45) is 0 Å². The van der Waals surface area contributed by atoms with Crippen molar-refractivity contribution in [3.05, 3.63) is 24.3 Å². The van der Waals surface area contributed by atoms with Gasteiger partial charge in [0.2, 0.25) is 10.0 Å². The van der Waals surface area contributed by atoms with E-state index in [4.69, 9.17) is 10.8 Å². The Balaban J connectivity index is 2.34. The highest BCUT2D eigenvalue weighted by molar-refractivity contribution is 8.00. The highest BCUT2D eigenvalue weighted by Gasteiger charge is 2.10. The monoisotopic (exact) mass is 290 g/mol. The molecule has 102 valence electrons. The van der Waals surface area contributed by atoms with E-state index in [0.29, 0.717) is 11.4 Å². The molecule has 4 N–H and O–H groups in total. The molecule has 0 amide bonds. The number of hydrogen-bond donors (Lipinski definition) is 3. The summed E-state index contributed by atoms with van der Waals surface area (Å²) in [6.45, 7) is 1.58. The van der Waals surface area contributed by atoms with Gasteiger partial charge in [-0.25, -0.2) is 13.1 Å². The van der Waals surface area contributed by atoms with Gasteiger partial charge in [-0.05, 0) is 31.2 Å². The summed E-state index contributed by atoms with van der Waals surface area (Å²) in [5.74, 6) is 0.480. The molecule has 1 aromatic carbocycles. The van der Waals surface area contributed by atoms with Crippen LogP contribution in [0.3, 0.4) is 0 Å². The van der Waals surface area contributed by atoms with E-state index in [1.54, 1.807) is 12.1 Å². The minimum atomic E-state index is -3.31. The lowest BCUT2D eigenvalue weighted by atomic mass is 10.3. The quantitative estimate of drug-likeness (QED) is 0.507. The zero-order chi connectivity index (χ0) is 13.6. The predicted molar refractivity (Wildman–Crippen MR) is 75.0 cm³/mol. The normalized spacial score (nSPS) is 13.4. The fourth-order valence-corrected chi connectivity index (χ4v) is 3.57. The first kappa shape index (κ1) is 15.3. The first-order valence-corrected chi connectivity index (χ1v) is 8.16. The summed E-state index contributed by atoms with van der Waals surface area (Å²) >= 11 is 1.45. The van der Waals surface area contributed by atoms with Gasteiger partial charge in [-0.15, -0.1) is 11.8 Å². The van der Waals surface area contributed by atoms with Gasteiger partial charge < -0.3 is 10.8 Å². The Kier molecular flexibility index (Phi) is 5.94. The number of benzene rings is 1. The van der Waals surface area contributed by atoms with Gasteiger partial charge in [0.25, 0.3) is 0 Å². The van der Waals surface area contributed by atoms with Gasteiger partial charge in [0.15, 0.2) is 0 Å². The number of sulfonamides is 1. The molecule has 0 aromatic heterocycles. The second-order valence-electron chi connectivity index (χ2n) is 3.93. The molecule has 0 aliphatic carbocycles. The highest BCUT2D eigenvalue weighted by atomic mass is 32.2. The molecule has 18 heavy (non-hydrogen) atoms. The summed E-state index contributed by atoms with van der Waals surface area (Å²) in [7, 11) is -3.31. The van der Waals surface area contributed by atoms with Crippen LogP contribution < -0.4 is 10.5 Å². The third-order valence-electron chi connectivity index (χ3n) is 2.10. The Labute approximate surface area is 112 Å². The van der Waals surface area contributed by atoms with Crippen LogP contribution >= 0.6 is 11.8 Å². The summed E-state index contributed by atoms with van der Waals surface area (Å²) in [5.41, 5.74) is 6.24. The van der Waals surface area contributed by atoms with Crippen LogP contribution in [0.1, 0.15) is 6.92 Å². The van der Waals surface area contributed by atoms with Crippen LogP contribution in [-0.2, 0) is 10.0 Å². The van der Waals surface area contributed by atoms with Crippen LogP contribution in [0.2, 0.25) is 0 Å². The van der Waals surface area contributed by atoms with Crippen molar-refractivity contribution in [3.63, 3.8) is 0 Å². The van der Waals surface area contributed by atoms with Gasteiger partial charge in [-0.2, -0.15) is 0 Å². The van der Waals surface area contributed by atoms with E-state index in [9.17, 15) is 8.42 Å². The topological polar surface area (TPSA) is 92.4 Å². The summed E-state index contributed by atoms with van der Waals surface area (Å²) in [4.78, 5) is 0.981. The number of rotatable bonds is 7. The molecule has 5 nitrogen and oxygen atoms in total. The van der Waals surface area contributed by atoms with E-state index in [1.807, 2.05) is 12.1 Å². The lowest BCUT2D eigenvalue weighted by Crippen LogP contribution is -2.33. The molecule has 0 unspecified atom stereocenters. The van der Waals surface area contributed by atoms with Gasteiger partial charge in [0, 0.05) is 22.9 Å². The molecular weight excluding hydrogens is 272 g/mol. The molecule has 1 aromatic rings. The molecule has 0 bridgehead atoms. The lowest BCUT2D eigenvalue weighted by molar-refractivity contribution is 0.198. The maximum absolute atomic E-state index is 11.5. The zero-order valence-electron chi connectivity index (χ0n) is 10.2. The van der Waals surface area contributed by atoms with Crippen molar-refractivity contribution >= 4 is 27.5 Å². The Morgan fingerprint density at radius 2 is 2.00 bits per heavy atom. The second-order valence-corrected chi connectivity index (χ2v) is 7.03. The molecule has 0 heterocycles. The third kappa shape index (κ3) is 6.25. The van der Waals surface area contributed by atoms with Crippen molar-refractivity contribution in [1.82, 2.24) is 4.72 Å². The standard InChI is InChI=1S/C11H18N2O3S2/c1-9(14)8-13-18(15,16)7-6-17-11-4-2-10(12)3-5-11/h2-5,9,13-14H,6-8,12H2,1H3/t9-/m0/s1. The van der Waals surface area contributed by atoms with Crippen molar-refractivity contribution in [2.75, 3.05) is 23.8 Å². The summed E-state index contributed by atoms with van der Waals surface area (Å²) in [6.07, 6.45) is -0.676. The minimum absolute atomic E-state index is 0.0226. The van der Waals surface area contributed by atoms with Crippen molar-refractivity contribution in [3.8, 4) is 0 Å². The smallest absolute Gasteiger partial charge is 0.212 e. The molecule has 7 heteroatoms. The van der Waals surface area contributed by atoms with E-state index in [0.717, 1.165) is 4.90 Å². The van der Waals surface area contributed by atoms with E-state index < -0.39 is 16.1 Å². The number of thioether (sulfide) groups is 1. The van der Waals surface area contributed by atoms with Crippen molar-refractivity contribution in [2.45, 2.75) is 17.9 Å². The maximum Gasteiger partial charge on any atom is 0.212 e. The molecular formula is C11H18N2O3S2. The Morgan fingerprint density at radius 1 is 1.39 bits per heavy atom. The van der Waals surface area contributed by atoms with E-state index in [-0.39, 0.29) is 12.3 Å². The van der Waals surface area contributed by atoms with Crippen LogP contribution in [0.25, 0.3) is 0 Å². The number of hydrogen-bond acceptors (Lipinski definition) is 5. The van der Waals surface area contributed by atoms with Gasteiger partial charge in [0.05, 0.1) is 11.9 Å². The maximum atomic E-state index is 11.5. The molecule has 0 fully saturated rings. The number of aliphatic hydroxyl groups is 1. The fraction of sp³-hybridized carbons (Fsp3) is 0.455. The Bertz CT molecular complexity index is 458. The van der Waals surface area contributed by atoms with Crippen LogP contribution in [-0.4, -0.2) is 37.7 Å². The highest BCUT2D eigenvalue weighted by Crippen LogP contribution is 2.19. The molecule has 0 spiro atoms. The summed E-state index contributed by atoms with van der Waals surface area (Å²) < 4.78 is 25.4. The largest absolute Gasteiger partial charge is 0.399 e. The van der Waals surface area contributed by atoms with Gasteiger partial charge in [-0.1, -0.05) is 0 Å². The van der Waals surface area contributed by atoms with E-state index in [2.05, 4.69) is 4.72 Å². The predicted octanol–water partition coefficient (Wildman–Crippen LogP) is 0.661. The van der Waals surface area contributed by atoms with Gasteiger partial charge >= 0.3 is 0 Å². The summed E-state index contributed by atoms with van der Waals surface area (Å²) in [5, 5.41) is 9.00. The van der Waals surface area contributed by atoms with E-state index >= 15 is 0 Å². The van der Waals surface area contributed by atoms with Gasteiger partial charge in [-0.3, -0.25) is 0 Å². The first-order valence-electron chi connectivity index (χ1n) is 5.53. The number of anilines is 1. The van der Waals surface area contributed by atoms with Crippen LogP contribution in [0.15, 0.2) is 29.2 Å². The number of nitrogen functional groups attached to an aromatic ring is 1. The molecule has 0 saturated carbocycles. The molecule has 1 atom stereocenters. The number of aliphatic hydroxyl groups excluding tert-OH is 1. The van der Waals surface area contributed by atoms with Crippen molar-refractivity contribution < 1.29 is 13.5 Å². The third-order valence-corrected chi connectivity index (χ3v) is 4.72. The Morgan fingerprint density at radius 3 is 2.56 bits per heavy atom. The molecule has 0 saturated heterocycles. The van der Waals surface area contributed by atoms with Crippen molar-refractivity contribution in [1.29, 1.82) is 0 Å². The van der Waals surface area contributed by atoms with Crippen LogP contribution in [0.5, 0.6) is 0 Å². The van der Waals surface area contributed by atoms with Gasteiger partial charge in [0.1, 0.15) is 0 Å². The SMILES string of the molecule is C[C@H](O)CNS(=O)(=O)CCSc1ccc(N)cc1. The first-order chi connectivity index (χ1) is 8.39. The average Bonchev–Trinajstić information content (AvgIpc) is 2.29. The number of nitrogens with one attached hydrogen (secondary N) is 1. The van der Waals surface area contributed by atoms with Crippen LogP contribution in [0, 0.1) is 0 Å². The second kappa shape index (κ2) is 6.98. The fourth-order valence-electron chi connectivity index (χ4n) is 1.15. The lowest BCUT2D eigenvalue weighted by Gasteiger charge is -2.08. The molecule has 0 radical (unpaired) electrons. The molecule has 0 aliphatic heterocycles. The van der Waals surface area contributed by atoms with Crippen LogP contribution in [0.4, 0.5) is 5.69 Å². The average molecular weight is 290 g/mol. The summed E-state index contributed by atoms with van der Waals surface area (Å²) in [6, 6.07) is 7.27. The Hall–Kier alpha value is -0.760. The molecule has 1 rings (SSSR count).